The van der Waals surface area contributed by atoms with Crippen LogP contribution >= 0.6 is 0 Å². The summed E-state index contributed by atoms with van der Waals surface area (Å²) in [5.41, 5.74) is 5.47. The van der Waals surface area contributed by atoms with Crippen LogP contribution in [0, 0.1) is 0 Å². The van der Waals surface area contributed by atoms with Crippen molar-refractivity contribution in [1.29, 1.82) is 0 Å². The van der Waals surface area contributed by atoms with Crippen molar-refractivity contribution in [3.63, 3.8) is 0 Å². The number of nitrogens with zero attached hydrogens (tertiary/aromatic N) is 3. The Balaban J connectivity index is 2.82. The predicted octanol–water partition coefficient (Wildman–Crippen LogP) is -2.32. The fourth-order valence-electron chi connectivity index (χ4n) is 1.08. The molecular weight excluding hydrogens is 256 g/mol. The van der Waals surface area contributed by atoms with E-state index in [2.05, 4.69) is 25.6 Å². The van der Waals surface area contributed by atoms with Gasteiger partial charge in [0, 0.05) is 0 Å². The number of anilines is 3. The van der Waals surface area contributed by atoms with Crippen LogP contribution in [0.3, 0.4) is 0 Å². The molecule has 0 fully saturated rings. The summed E-state index contributed by atoms with van der Waals surface area (Å²) < 4.78 is 0. The normalized spacial score (nSPS) is 14.5. The first kappa shape index (κ1) is 15.3. The summed E-state index contributed by atoms with van der Waals surface area (Å²) in [7, 11) is 0. The zero-order chi connectivity index (χ0) is 14.6. The number of aliphatic hydroxyl groups is 4. The van der Waals surface area contributed by atoms with Crippen molar-refractivity contribution in [3.05, 3.63) is 0 Å². The third-order valence-corrected chi connectivity index (χ3v) is 2.26. The van der Waals surface area contributed by atoms with Crippen LogP contribution < -0.4 is 16.4 Å². The van der Waals surface area contributed by atoms with Crippen LogP contribution in [0.1, 0.15) is 13.8 Å². The molecule has 0 amide bonds. The number of aliphatic hydroxyl groups excluding tert-OH is 2. The van der Waals surface area contributed by atoms with Gasteiger partial charge in [-0.2, -0.15) is 15.0 Å². The predicted molar refractivity (Wildman–Crippen MR) is 66.9 cm³/mol. The lowest BCUT2D eigenvalue weighted by Gasteiger charge is -2.18. The van der Waals surface area contributed by atoms with Gasteiger partial charge in [0.15, 0.2) is 12.6 Å². The van der Waals surface area contributed by atoms with Crippen molar-refractivity contribution in [2.45, 2.75) is 38.5 Å². The molecule has 2 unspecified atom stereocenters. The molecule has 0 aliphatic carbocycles. The maximum Gasteiger partial charge on any atom is 0.229 e. The van der Waals surface area contributed by atoms with Gasteiger partial charge in [0.1, 0.15) is 0 Å². The van der Waals surface area contributed by atoms with Gasteiger partial charge in [0.2, 0.25) is 17.8 Å². The van der Waals surface area contributed by atoms with Gasteiger partial charge in [-0.3, -0.25) is 0 Å². The van der Waals surface area contributed by atoms with E-state index in [-0.39, 0.29) is 17.8 Å². The van der Waals surface area contributed by atoms with Crippen molar-refractivity contribution in [2.75, 3.05) is 16.4 Å². The maximum absolute atomic E-state index is 8.95. The molecule has 1 rings (SSSR count). The lowest BCUT2D eigenvalue weighted by atomic mass is 10.3. The fraction of sp³-hybridized carbons (Fsp3) is 0.667. The quantitative estimate of drug-likeness (QED) is 0.279. The summed E-state index contributed by atoms with van der Waals surface area (Å²) in [6, 6.07) is -1.42. The van der Waals surface area contributed by atoms with Crippen LogP contribution in [0.25, 0.3) is 0 Å². The highest BCUT2D eigenvalue weighted by Crippen LogP contribution is 2.10. The number of hydrogen-bond acceptors (Lipinski definition) is 10. The number of nitrogens with one attached hydrogen (secondary N) is 2. The second-order valence-electron chi connectivity index (χ2n) is 4.03. The molecule has 0 bridgehead atoms. The Morgan fingerprint density at radius 1 is 0.842 bits per heavy atom. The summed E-state index contributed by atoms with van der Waals surface area (Å²) >= 11 is 0. The summed E-state index contributed by atoms with van der Waals surface area (Å²) in [5, 5.41) is 41.0. The van der Waals surface area contributed by atoms with E-state index in [9.17, 15) is 0 Å². The van der Waals surface area contributed by atoms with E-state index in [1.54, 1.807) is 0 Å². The van der Waals surface area contributed by atoms with Crippen molar-refractivity contribution in [2.24, 2.45) is 0 Å². The summed E-state index contributed by atoms with van der Waals surface area (Å²) in [4.78, 5) is 11.4. The van der Waals surface area contributed by atoms with Gasteiger partial charge in [-0.15, -0.1) is 0 Å². The number of nitrogen functional groups attached to an aromatic ring is 1. The van der Waals surface area contributed by atoms with Gasteiger partial charge in [-0.05, 0) is 13.8 Å². The highest BCUT2D eigenvalue weighted by atomic mass is 16.5. The SMILES string of the molecule is CC(Nc1nc(N)nc(NC(C)C(O)O)n1)C(O)O. The second kappa shape index (κ2) is 6.43. The topological polar surface area (TPSA) is 170 Å². The third-order valence-electron chi connectivity index (χ3n) is 2.26. The standard InChI is InChI=1S/C9H18N6O4/c1-3(5(16)17)11-8-13-7(10)14-9(15-8)12-4(2)6(18)19/h3-6,16-19H,1-2H3,(H4,10,11,12,13,14,15). The van der Waals surface area contributed by atoms with Crippen LogP contribution in [0.5, 0.6) is 0 Å². The van der Waals surface area contributed by atoms with E-state index in [0.29, 0.717) is 0 Å². The number of hydrogen-bond donors (Lipinski definition) is 7. The van der Waals surface area contributed by atoms with Crippen molar-refractivity contribution < 1.29 is 20.4 Å². The minimum atomic E-state index is -1.59. The first-order valence-electron chi connectivity index (χ1n) is 5.56. The Hall–Kier alpha value is -1.75. The zero-order valence-electron chi connectivity index (χ0n) is 10.5. The summed E-state index contributed by atoms with van der Waals surface area (Å²) in [6.45, 7) is 3.02. The molecule has 0 saturated carbocycles. The van der Waals surface area contributed by atoms with Crippen LogP contribution in [0.4, 0.5) is 17.8 Å². The van der Waals surface area contributed by atoms with E-state index in [1.807, 2.05) is 0 Å². The maximum atomic E-state index is 8.95. The van der Waals surface area contributed by atoms with Crippen LogP contribution in [-0.2, 0) is 0 Å². The Bertz CT molecular complexity index is 381. The average molecular weight is 274 g/mol. The molecule has 8 N–H and O–H groups in total. The molecule has 0 radical (unpaired) electrons. The molecule has 0 aliphatic rings. The fourth-order valence-corrected chi connectivity index (χ4v) is 1.08. The van der Waals surface area contributed by atoms with Crippen LogP contribution in [-0.4, -0.2) is 60.0 Å². The molecule has 0 saturated heterocycles. The Morgan fingerprint density at radius 2 is 1.21 bits per heavy atom. The Morgan fingerprint density at radius 3 is 1.53 bits per heavy atom. The van der Waals surface area contributed by atoms with Gasteiger partial charge in [-0.25, -0.2) is 0 Å². The first-order valence-corrected chi connectivity index (χ1v) is 5.56. The number of aromatic nitrogens is 3. The molecule has 19 heavy (non-hydrogen) atoms. The summed E-state index contributed by atoms with van der Waals surface area (Å²) in [6.07, 6.45) is -3.18. The van der Waals surface area contributed by atoms with Crippen LogP contribution in [0.15, 0.2) is 0 Å². The van der Waals surface area contributed by atoms with Crippen molar-refractivity contribution >= 4 is 17.8 Å². The molecule has 1 aromatic heterocycles. The molecule has 10 nitrogen and oxygen atoms in total. The number of nitrogens with two attached hydrogens (primary N) is 1. The zero-order valence-corrected chi connectivity index (χ0v) is 10.5. The van der Waals surface area contributed by atoms with E-state index in [1.165, 1.54) is 13.8 Å². The van der Waals surface area contributed by atoms with Gasteiger partial charge >= 0.3 is 0 Å². The van der Waals surface area contributed by atoms with E-state index in [4.69, 9.17) is 26.2 Å². The van der Waals surface area contributed by atoms with Gasteiger partial charge in [0.25, 0.3) is 0 Å². The van der Waals surface area contributed by atoms with Crippen molar-refractivity contribution in [1.82, 2.24) is 15.0 Å². The van der Waals surface area contributed by atoms with Crippen molar-refractivity contribution in [3.8, 4) is 0 Å². The second-order valence-corrected chi connectivity index (χ2v) is 4.03. The first-order chi connectivity index (χ1) is 8.79. The average Bonchev–Trinajstić information content (AvgIpc) is 2.27. The number of rotatable bonds is 6. The molecule has 108 valence electrons. The minimum Gasteiger partial charge on any atom is -0.368 e. The molecule has 1 heterocycles. The molecule has 10 heteroatoms. The van der Waals surface area contributed by atoms with Gasteiger partial charge in [0.05, 0.1) is 12.1 Å². The lowest BCUT2D eigenvalue weighted by Crippen LogP contribution is -2.33. The Labute approximate surface area is 109 Å². The minimum absolute atomic E-state index is 0.0372. The molecule has 0 aromatic carbocycles. The largest absolute Gasteiger partial charge is 0.368 e. The molecule has 0 aliphatic heterocycles. The highest BCUT2D eigenvalue weighted by molar-refractivity contribution is 5.40. The monoisotopic (exact) mass is 274 g/mol. The molecule has 0 spiro atoms. The van der Waals surface area contributed by atoms with E-state index < -0.39 is 24.7 Å². The van der Waals surface area contributed by atoms with Crippen LogP contribution in [0.2, 0.25) is 0 Å². The van der Waals surface area contributed by atoms with Gasteiger partial charge < -0.3 is 36.8 Å². The van der Waals surface area contributed by atoms with E-state index >= 15 is 0 Å². The third kappa shape index (κ3) is 4.79. The molecule has 2 atom stereocenters. The highest BCUT2D eigenvalue weighted by Gasteiger charge is 2.15. The van der Waals surface area contributed by atoms with Gasteiger partial charge in [-0.1, -0.05) is 0 Å². The summed E-state index contributed by atoms with van der Waals surface area (Å²) in [5.74, 6) is -0.0234. The smallest absolute Gasteiger partial charge is 0.229 e. The molecular formula is C9H18N6O4. The lowest BCUT2D eigenvalue weighted by molar-refractivity contribution is -0.0496. The van der Waals surface area contributed by atoms with E-state index in [0.717, 1.165) is 0 Å². The Kier molecular flexibility index (Phi) is 5.18. The molecule has 1 aromatic rings.